The van der Waals surface area contributed by atoms with Crippen molar-refractivity contribution in [2.24, 2.45) is 0 Å². The third kappa shape index (κ3) is 7.63. The van der Waals surface area contributed by atoms with Crippen LogP contribution in [0.5, 0.6) is 0 Å². The fourth-order valence-electron chi connectivity index (χ4n) is 1.96. The zero-order chi connectivity index (χ0) is 13.9. The minimum atomic E-state index is 0.695. The number of allylic oxidation sites excluding steroid dienone is 3. The zero-order valence-corrected chi connectivity index (χ0v) is 12.5. The van der Waals surface area contributed by atoms with Crippen molar-refractivity contribution in [2.75, 3.05) is 6.61 Å². The number of hydrogen-bond donors (Lipinski definition) is 0. The molecule has 0 aliphatic heterocycles. The maximum atomic E-state index is 5.70. The number of ether oxygens (including phenoxy) is 1. The minimum Gasteiger partial charge on any atom is -0.372 e. The molecule has 104 valence electrons. The highest BCUT2D eigenvalue weighted by Crippen LogP contribution is 2.08. The van der Waals surface area contributed by atoms with Crippen LogP contribution in [-0.2, 0) is 11.3 Å². The van der Waals surface area contributed by atoms with E-state index in [0.717, 1.165) is 25.9 Å². The van der Waals surface area contributed by atoms with E-state index in [4.69, 9.17) is 4.74 Å². The van der Waals surface area contributed by atoms with Crippen LogP contribution < -0.4 is 0 Å². The lowest BCUT2D eigenvalue weighted by Crippen LogP contribution is -1.96. The molecule has 0 N–H and O–H groups in total. The average molecular weight is 258 g/mol. The van der Waals surface area contributed by atoms with Crippen molar-refractivity contribution in [1.29, 1.82) is 0 Å². The van der Waals surface area contributed by atoms with Crippen LogP contribution in [0.25, 0.3) is 0 Å². The van der Waals surface area contributed by atoms with Crippen LogP contribution in [-0.4, -0.2) is 6.61 Å². The van der Waals surface area contributed by atoms with Crippen molar-refractivity contribution in [3.05, 3.63) is 59.2 Å². The Balaban J connectivity index is 2.20. The van der Waals surface area contributed by atoms with Crippen molar-refractivity contribution in [1.82, 2.24) is 0 Å². The second-order valence-electron chi connectivity index (χ2n) is 5.03. The van der Waals surface area contributed by atoms with Gasteiger partial charge in [-0.2, -0.15) is 0 Å². The third-order valence-corrected chi connectivity index (χ3v) is 3.03. The molecule has 0 amide bonds. The molecule has 1 rings (SSSR count). The van der Waals surface area contributed by atoms with Crippen LogP contribution in [0.4, 0.5) is 0 Å². The van der Waals surface area contributed by atoms with Gasteiger partial charge in [0.2, 0.25) is 0 Å². The number of hydrogen-bond acceptors (Lipinski definition) is 1. The molecule has 0 unspecified atom stereocenters. The molecule has 19 heavy (non-hydrogen) atoms. The Morgan fingerprint density at radius 1 is 1.05 bits per heavy atom. The van der Waals surface area contributed by atoms with Gasteiger partial charge < -0.3 is 4.74 Å². The maximum absolute atomic E-state index is 5.70. The third-order valence-electron chi connectivity index (χ3n) is 3.03. The molecule has 1 aromatic rings. The largest absolute Gasteiger partial charge is 0.372 e. The van der Waals surface area contributed by atoms with Gasteiger partial charge in [-0.15, -0.1) is 0 Å². The fourth-order valence-corrected chi connectivity index (χ4v) is 1.96. The van der Waals surface area contributed by atoms with Crippen LogP contribution in [0.1, 0.15) is 45.6 Å². The summed E-state index contributed by atoms with van der Waals surface area (Å²) in [4.78, 5) is 0. The van der Waals surface area contributed by atoms with Gasteiger partial charge in [0.15, 0.2) is 0 Å². The summed E-state index contributed by atoms with van der Waals surface area (Å²) in [6, 6.07) is 10.3. The molecule has 0 spiro atoms. The van der Waals surface area contributed by atoms with E-state index in [9.17, 15) is 0 Å². The molecule has 0 saturated carbocycles. The van der Waals surface area contributed by atoms with Crippen molar-refractivity contribution in [3.63, 3.8) is 0 Å². The first-order valence-corrected chi connectivity index (χ1v) is 7.15. The van der Waals surface area contributed by atoms with Gasteiger partial charge >= 0.3 is 0 Å². The first kappa shape index (κ1) is 15.7. The van der Waals surface area contributed by atoms with Gasteiger partial charge in [-0.05, 0) is 38.7 Å². The Morgan fingerprint density at radius 2 is 1.79 bits per heavy atom. The summed E-state index contributed by atoms with van der Waals surface area (Å²) < 4.78 is 5.70. The van der Waals surface area contributed by atoms with Gasteiger partial charge in [0, 0.05) is 0 Å². The second-order valence-corrected chi connectivity index (χ2v) is 5.03. The first-order chi connectivity index (χ1) is 9.22. The van der Waals surface area contributed by atoms with Gasteiger partial charge in [-0.1, -0.05) is 60.6 Å². The van der Waals surface area contributed by atoms with E-state index >= 15 is 0 Å². The van der Waals surface area contributed by atoms with Crippen molar-refractivity contribution in [2.45, 2.75) is 46.6 Å². The highest BCUT2D eigenvalue weighted by Gasteiger charge is 1.94. The Kier molecular flexibility index (Phi) is 7.92. The molecule has 0 atom stereocenters. The van der Waals surface area contributed by atoms with E-state index in [2.05, 4.69) is 45.1 Å². The topological polar surface area (TPSA) is 9.23 Å². The van der Waals surface area contributed by atoms with Gasteiger partial charge in [0.25, 0.3) is 0 Å². The normalized spacial score (nSPS) is 12.8. The fraction of sp³-hybridized carbons (Fsp3) is 0.444. The molecule has 0 heterocycles. The van der Waals surface area contributed by atoms with Crippen LogP contribution in [0, 0.1) is 0 Å². The summed E-state index contributed by atoms with van der Waals surface area (Å²) >= 11 is 0. The van der Waals surface area contributed by atoms with Crippen molar-refractivity contribution in [3.8, 4) is 0 Å². The predicted molar refractivity (Wildman–Crippen MR) is 83.1 cm³/mol. The predicted octanol–water partition coefficient (Wildman–Crippen LogP) is 5.29. The number of rotatable bonds is 8. The van der Waals surface area contributed by atoms with E-state index in [1.54, 1.807) is 0 Å². The number of benzene rings is 1. The molecule has 0 fully saturated rings. The van der Waals surface area contributed by atoms with Crippen LogP contribution in [0.2, 0.25) is 0 Å². The van der Waals surface area contributed by atoms with E-state index in [1.165, 1.54) is 16.7 Å². The van der Waals surface area contributed by atoms with Crippen LogP contribution in [0.15, 0.2) is 53.6 Å². The van der Waals surface area contributed by atoms with Gasteiger partial charge in [-0.3, -0.25) is 0 Å². The Bertz CT molecular complexity index is 401. The van der Waals surface area contributed by atoms with Gasteiger partial charge in [-0.25, -0.2) is 0 Å². The highest BCUT2D eigenvalue weighted by molar-refractivity contribution is 5.13. The quantitative estimate of drug-likeness (QED) is 0.576. The van der Waals surface area contributed by atoms with E-state index in [0.29, 0.717) is 6.61 Å². The lowest BCUT2D eigenvalue weighted by atomic mass is 10.1. The Hall–Kier alpha value is -1.34. The van der Waals surface area contributed by atoms with Gasteiger partial charge in [0.05, 0.1) is 13.2 Å². The first-order valence-electron chi connectivity index (χ1n) is 7.15. The average Bonchev–Trinajstić information content (AvgIpc) is 2.40. The summed E-state index contributed by atoms with van der Waals surface area (Å²) in [5.74, 6) is 0. The molecular weight excluding hydrogens is 232 g/mol. The maximum Gasteiger partial charge on any atom is 0.0721 e. The Morgan fingerprint density at radius 3 is 2.47 bits per heavy atom. The highest BCUT2D eigenvalue weighted by atomic mass is 16.5. The molecule has 1 heteroatoms. The smallest absolute Gasteiger partial charge is 0.0721 e. The summed E-state index contributed by atoms with van der Waals surface area (Å²) in [5, 5.41) is 0. The summed E-state index contributed by atoms with van der Waals surface area (Å²) in [6.45, 7) is 7.96. The molecular formula is C18H26O. The lowest BCUT2D eigenvalue weighted by Gasteiger charge is -2.05. The molecule has 0 radical (unpaired) electrons. The summed E-state index contributed by atoms with van der Waals surface area (Å²) in [6.07, 6.45) is 7.99. The second kappa shape index (κ2) is 9.57. The molecule has 0 aromatic heterocycles. The van der Waals surface area contributed by atoms with Crippen LogP contribution >= 0.6 is 0 Å². The molecule has 0 aliphatic rings. The molecule has 0 bridgehead atoms. The van der Waals surface area contributed by atoms with Crippen molar-refractivity contribution < 1.29 is 4.74 Å². The zero-order valence-electron chi connectivity index (χ0n) is 12.5. The molecule has 1 nitrogen and oxygen atoms in total. The van der Waals surface area contributed by atoms with E-state index in [-0.39, 0.29) is 0 Å². The SMILES string of the molecule is CC/C=C(\C)CC/C=C(\C)COCc1ccccc1. The summed E-state index contributed by atoms with van der Waals surface area (Å²) in [5.41, 5.74) is 4.04. The van der Waals surface area contributed by atoms with Gasteiger partial charge in [0.1, 0.15) is 0 Å². The Labute approximate surface area is 118 Å². The van der Waals surface area contributed by atoms with Crippen LogP contribution in [0.3, 0.4) is 0 Å². The molecule has 0 saturated heterocycles. The van der Waals surface area contributed by atoms with E-state index < -0.39 is 0 Å². The lowest BCUT2D eigenvalue weighted by molar-refractivity contribution is 0.142. The minimum absolute atomic E-state index is 0.695. The van der Waals surface area contributed by atoms with Crippen molar-refractivity contribution >= 4 is 0 Å². The summed E-state index contributed by atoms with van der Waals surface area (Å²) in [7, 11) is 0. The molecule has 0 aliphatic carbocycles. The standard InChI is InChI=1S/C18H26O/c1-4-9-16(2)10-8-11-17(3)14-19-15-18-12-6-5-7-13-18/h5-7,9,11-13H,4,8,10,14-15H2,1-3H3/b16-9+,17-11+. The van der Waals surface area contributed by atoms with E-state index in [1.807, 2.05) is 18.2 Å². The molecule has 1 aromatic carbocycles. The monoisotopic (exact) mass is 258 g/mol.